The second-order valence-corrected chi connectivity index (χ2v) is 5.84. The van der Waals surface area contributed by atoms with E-state index in [-0.39, 0.29) is 5.91 Å². The van der Waals surface area contributed by atoms with Gasteiger partial charge in [-0.2, -0.15) is 5.10 Å². The molecule has 4 nitrogen and oxygen atoms in total. The van der Waals surface area contributed by atoms with Gasteiger partial charge in [0, 0.05) is 21.1 Å². The Morgan fingerprint density at radius 2 is 1.90 bits per heavy atom. The van der Waals surface area contributed by atoms with E-state index in [1.54, 1.807) is 18.3 Å². The Balaban J connectivity index is 1.88. The smallest absolute Gasteiger partial charge is 0.255 e. The molecule has 5 heteroatoms. The minimum absolute atomic E-state index is 0.132. The molecule has 0 fully saturated rings. The van der Waals surface area contributed by atoms with E-state index < -0.39 is 0 Å². The maximum absolute atomic E-state index is 12.3. The van der Waals surface area contributed by atoms with Crippen molar-refractivity contribution in [3.05, 3.63) is 57.7 Å². The number of aromatic amines is 1. The highest BCUT2D eigenvalue weighted by Crippen LogP contribution is 2.25. The molecule has 21 heavy (non-hydrogen) atoms. The minimum Gasteiger partial charge on any atom is -0.322 e. The van der Waals surface area contributed by atoms with Crippen LogP contribution in [0.1, 0.15) is 21.5 Å². The summed E-state index contributed by atoms with van der Waals surface area (Å²) in [6.07, 6.45) is 1.73. The van der Waals surface area contributed by atoms with Gasteiger partial charge in [0.15, 0.2) is 0 Å². The highest BCUT2D eigenvalue weighted by atomic mass is 79.9. The molecule has 2 N–H and O–H groups in total. The van der Waals surface area contributed by atoms with Gasteiger partial charge in [-0.15, -0.1) is 0 Å². The maximum Gasteiger partial charge on any atom is 0.255 e. The van der Waals surface area contributed by atoms with Gasteiger partial charge < -0.3 is 5.32 Å². The van der Waals surface area contributed by atoms with E-state index in [0.29, 0.717) is 5.56 Å². The number of benzene rings is 2. The number of aryl methyl sites for hydroxylation is 2. The molecule has 0 bridgehead atoms. The van der Waals surface area contributed by atoms with Gasteiger partial charge in [-0.1, -0.05) is 22.0 Å². The minimum atomic E-state index is -0.132. The lowest BCUT2D eigenvalue weighted by atomic mass is 10.1. The van der Waals surface area contributed by atoms with Crippen LogP contribution < -0.4 is 5.32 Å². The number of carbonyl (C=O) groups is 1. The van der Waals surface area contributed by atoms with Crippen molar-refractivity contribution in [2.75, 3.05) is 5.32 Å². The Morgan fingerprint density at radius 3 is 2.62 bits per heavy atom. The number of carbonyl (C=O) groups excluding carboxylic acids is 1. The summed E-state index contributed by atoms with van der Waals surface area (Å²) in [5, 5.41) is 10.7. The number of anilines is 1. The van der Waals surface area contributed by atoms with Crippen LogP contribution in [0.4, 0.5) is 5.69 Å². The highest BCUT2D eigenvalue weighted by Gasteiger charge is 2.09. The number of rotatable bonds is 2. The number of H-pyrrole nitrogens is 1. The molecule has 1 aromatic heterocycles. The zero-order valence-electron chi connectivity index (χ0n) is 11.7. The normalized spacial score (nSPS) is 10.8. The van der Waals surface area contributed by atoms with Crippen LogP contribution in [0.25, 0.3) is 10.9 Å². The summed E-state index contributed by atoms with van der Waals surface area (Å²) < 4.78 is 1.07. The molecule has 0 aliphatic heterocycles. The summed E-state index contributed by atoms with van der Waals surface area (Å²) in [7, 11) is 0. The zero-order valence-corrected chi connectivity index (χ0v) is 13.3. The third kappa shape index (κ3) is 2.69. The number of fused-ring (bicyclic) bond motifs is 1. The number of aromatic nitrogens is 2. The summed E-state index contributed by atoms with van der Waals surface area (Å²) in [5.74, 6) is -0.132. The average Bonchev–Trinajstić information content (AvgIpc) is 2.91. The van der Waals surface area contributed by atoms with Crippen LogP contribution >= 0.6 is 15.9 Å². The monoisotopic (exact) mass is 343 g/mol. The van der Waals surface area contributed by atoms with Crippen molar-refractivity contribution in [3.63, 3.8) is 0 Å². The molecule has 0 saturated heterocycles. The van der Waals surface area contributed by atoms with Gasteiger partial charge in [-0.05, 0) is 49.2 Å². The van der Waals surface area contributed by atoms with Crippen LogP contribution in [0.3, 0.4) is 0 Å². The summed E-state index contributed by atoms with van der Waals surface area (Å²) in [5.41, 5.74) is 4.43. The number of halogens is 1. The third-order valence-corrected chi connectivity index (χ3v) is 4.65. The van der Waals surface area contributed by atoms with E-state index in [4.69, 9.17) is 0 Å². The summed E-state index contributed by atoms with van der Waals surface area (Å²) in [6, 6.07) is 9.38. The van der Waals surface area contributed by atoms with Crippen molar-refractivity contribution >= 4 is 38.4 Å². The van der Waals surface area contributed by atoms with Crippen LogP contribution in [0.15, 0.2) is 41.0 Å². The van der Waals surface area contributed by atoms with E-state index in [9.17, 15) is 4.79 Å². The molecule has 3 aromatic rings. The van der Waals surface area contributed by atoms with Crippen molar-refractivity contribution in [2.45, 2.75) is 13.8 Å². The molecule has 2 aromatic carbocycles. The number of amides is 1. The molecule has 1 amide bonds. The molecular weight excluding hydrogens is 330 g/mol. The average molecular weight is 344 g/mol. The van der Waals surface area contributed by atoms with Crippen LogP contribution in [-0.4, -0.2) is 16.1 Å². The molecule has 106 valence electrons. The summed E-state index contributed by atoms with van der Waals surface area (Å²) in [6.45, 7) is 4.01. The standard InChI is InChI=1S/C16H14BrN3O/c1-9-5-13(6-10(2)15(9)17)19-16(21)11-3-4-12-8-18-20-14(12)7-11/h3-8H,1-2H3,(H,18,20)(H,19,21). The zero-order chi connectivity index (χ0) is 15.0. The van der Waals surface area contributed by atoms with Crippen LogP contribution in [0, 0.1) is 13.8 Å². The number of nitrogens with zero attached hydrogens (tertiary/aromatic N) is 1. The lowest BCUT2D eigenvalue weighted by molar-refractivity contribution is 0.102. The molecule has 0 spiro atoms. The Labute approximate surface area is 130 Å². The second kappa shape index (κ2) is 5.33. The van der Waals surface area contributed by atoms with Crippen LogP contribution in [-0.2, 0) is 0 Å². The Morgan fingerprint density at radius 1 is 1.19 bits per heavy atom. The van der Waals surface area contributed by atoms with E-state index >= 15 is 0 Å². The molecule has 0 aliphatic rings. The second-order valence-electron chi connectivity index (χ2n) is 5.05. The van der Waals surface area contributed by atoms with Crippen molar-refractivity contribution in [1.29, 1.82) is 0 Å². The lowest BCUT2D eigenvalue weighted by Crippen LogP contribution is -2.12. The predicted molar refractivity (Wildman–Crippen MR) is 87.7 cm³/mol. The van der Waals surface area contributed by atoms with Gasteiger partial charge >= 0.3 is 0 Å². The van der Waals surface area contributed by atoms with Crippen LogP contribution in [0.5, 0.6) is 0 Å². The van der Waals surface area contributed by atoms with Gasteiger partial charge in [-0.3, -0.25) is 9.89 Å². The molecule has 0 radical (unpaired) electrons. The van der Waals surface area contributed by atoms with Crippen LogP contribution in [0.2, 0.25) is 0 Å². The van der Waals surface area contributed by atoms with Gasteiger partial charge in [0.1, 0.15) is 0 Å². The first-order valence-corrected chi connectivity index (χ1v) is 7.35. The quantitative estimate of drug-likeness (QED) is 0.732. The first-order chi connectivity index (χ1) is 10.0. The molecule has 0 atom stereocenters. The van der Waals surface area contributed by atoms with Gasteiger partial charge in [0.2, 0.25) is 0 Å². The highest BCUT2D eigenvalue weighted by molar-refractivity contribution is 9.10. The number of hydrogen-bond donors (Lipinski definition) is 2. The summed E-state index contributed by atoms with van der Waals surface area (Å²) in [4.78, 5) is 12.3. The topological polar surface area (TPSA) is 57.8 Å². The fourth-order valence-corrected chi connectivity index (χ4v) is 2.53. The number of nitrogens with one attached hydrogen (secondary N) is 2. The van der Waals surface area contributed by atoms with E-state index in [2.05, 4.69) is 31.4 Å². The van der Waals surface area contributed by atoms with Crippen molar-refractivity contribution < 1.29 is 4.79 Å². The van der Waals surface area contributed by atoms with Crippen molar-refractivity contribution in [3.8, 4) is 0 Å². The van der Waals surface area contributed by atoms with Crippen molar-refractivity contribution in [2.24, 2.45) is 0 Å². The number of hydrogen-bond acceptors (Lipinski definition) is 2. The van der Waals surface area contributed by atoms with E-state index in [1.807, 2.05) is 32.0 Å². The lowest BCUT2D eigenvalue weighted by Gasteiger charge is -2.09. The van der Waals surface area contributed by atoms with Gasteiger partial charge in [0.25, 0.3) is 5.91 Å². The molecule has 0 saturated carbocycles. The van der Waals surface area contributed by atoms with Gasteiger partial charge in [-0.25, -0.2) is 0 Å². The Hall–Kier alpha value is -2.14. The first kappa shape index (κ1) is 13.8. The first-order valence-electron chi connectivity index (χ1n) is 6.56. The molecule has 3 rings (SSSR count). The molecule has 1 heterocycles. The van der Waals surface area contributed by atoms with E-state index in [0.717, 1.165) is 32.2 Å². The predicted octanol–water partition coefficient (Wildman–Crippen LogP) is 4.19. The SMILES string of the molecule is Cc1cc(NC(=O)c2ccc3cn[nH]c3c2)cc(C)c1Br. The van der Waals surface area contributed by atoms with Crippen molar-refractivity contribution in [1.82, 2.24) is 10.2 Å². The molecule has 0 unspecified atom stereocenters. The molecular formula is C16H14BrN3O. The third-order valence-electron chi connectivity index (χ3n) is 3.40. The van der Waals surface area contributed by atoms with Gasteiger partial charge in [0.05, 0.1) is 11.7 Å². The Bertz CT molecular complexity index is 815. The van der Waals surface area contributed by atoms with E-state index in [1.165, 1.54) is 0 Å². The summed E-state index contributed by atoms with van der Waals surface area (Å²) >= 11 is 3.52. The fourth-order valence-electron chi connectivity index (χ4n) is 2.30. The maximum atomic E-state index is 12.3. The molecule has 0 aliphatic carbocycles. The largest absolute Gasteiger partial charge is 0.322 e. The Kier molecular flexibility index (Phi) is 3.51. The fraction of sp³-hybridized carbons (Fsp3) is 0.125.